The predicted molar refractivity (Wildman–Crippen MR) is 141 cm³/mol. The number of urea groups is 2. The smallest absolute Gasteiger partial charge is 0.314 e. The average Bonchev–Trinajstić information content (AvgIpc) is 3.68. The summed E-state index contributed by atoms with van der Waals surface area (Å²) >= 11 is 3.42. The van der Waals surface area contributed by atoms with Crippen molar-refractivity contribution < 1.29 is 29.4 Å². The molecule has 14 nitrogen and oxygen atoms in total. The van der Waals surface area contributed by atoms with Crippen molar-refractivity contribution in [2.45, 2.75) is 61.3 Å². The van der Waals surface area contributed by atoms with Crippen LogP contribution in [-0.2, 0) is 0 Å². The quantitative estimate of drug-likeness (QED) is 0.220. The maximum absolute atomic E-state index is 12.1. The molecule has 0 saturated heterocycles. The Kier molecular flexibility index (Phi) is 7.31. The molecule has 4 aliphatic rings. The fourth-order valence-electron chi connectivity index (χ4n) is 6.05. The van der Waals surface area contributed by atoms with Crippen LogP contribution < -0.4 is 31.9 Å². The minimum atomic E-state index is -0.706. The van der Waals surface area contributed by atoms with Gasteiger partial charge in [-0.05, 0) is 53.0 Å². The fraction of sp³-hybridized carbons (Fsp3) is 0.500. The molecule has 2 aliphatic heterocycles. The second-order valence-corrected chi connectivity index (χ2v) is 10.8. The van der Waals surface area contributed by atoms with E-state index >= 15 is 0 Å². The van der Waals surface area contributed by atoms with E-state index < -0.39 is 24.3 Å². The van der Waals surface area contributed by atoms with Crippen molar-refractivity contribution in [1.29, 1.82) is 0 Å². The van der Waals surface area contributed by atoms with E-state index in [0.717, 1.165) is 4.60 Å². The van der Waals surface area contributed by atoms with Crippen molar-refractivity contribution in [1.82, 2.24) is 41.0 Å². The van der Waals surface area contributed by atoms with Crippen LogP contribution in [0, 0.1) is 0 Å². The fourth-order valence-corrected chi connectivity index (χ4v) is 6.64. The molecule has 8 atom stereocenters. The van der Waals surface area contributed by atoms with Crippen molar-refractivity contribution in [3.05, 3.63) is 46.5 Å². The summed E-state index contributed by atoms with van der Waals surface area (Å²) in [6.07, 6.45) is 1.42. The van der Waals surface area contributed by atoms with Gasteiger partial charge in [0, 0.05) is 20.3 Å². The standard InChI is InChI=1S/C12H15BrN4O3.C12H16N4O3/c1-14-12(20)16-10-7(18)4-6-9(10)15-11(19)5-2-3-8(13)17(5)6;1-13-12(19)15-10-8(17)5-7-9(10)14-11(18)6-3-2-4-16(6)7/h2-3,6-7,9-10,18H,4H2,1H3,(H,15,19)(H2,14,16,20);2-4,7-10,17H,5H2,1H3,(H,14,18)(H2,13,15,19)/t6-,7-,9-,10-;7-,8-,9-,10-/m11/s1. The maximum atomic E-state index is 12.1. The first-order valence-corrected chi connectivity index (χ1v) is 13.4. The Hall–Kier alpha value is -3.56. The lowest BCUT2D eigenvalue weighted by Crippen LogP contribution is -2.57. The van der Waals surface area contributed by atoms with E-state index in [2.05, 4.69) is 47.8 Å². The highest BCUT2D eigenvalue weighted by molar-refractivity contribution is 9.10. The lowest BCUT2D eigenvalue weighted by atomic mass is 10.1. The number of rotatable bonds is 2. The summed E-state index contributed by atoms with van der Waals surface area (Å²) < 4.78 is 4.54. The lowest BCUT2D eigenvalue weighted by Gasteiger charge is -2.33. The third kappa shape index (κ3) is 4.74. The number of carbonyl (C=O) groups is 4. The number of hydrogen-bond acceptors (Lipinski definition) is 6. The van der Waals surface area contributed by atoms with Gasteiger partial charge in [-0.25, -0.2) is 9.59 Å². The van der Waals surface area contributed by atoms with E-state index in [1.165, 1.54) is 14.1 Å². The summed E-state index contributed by atoms with van der Waals surface area (Å²) in [6, 6.07) is 4.65. The lowest BCUT2D eigenvalue weighted by molar-refractivity contribution is 0.0865. The maximum Gasteiger partial charge on any atom is 0.314 e. The van der Waals surface area contributed by atoms with Gasteiger partial charge in [0.1, 0.15) is 11.4 Å². The molecule has 8 N–H and O–H groups in total. The molecule has 39 heavy (non-hydrogen) atoms. The van der Waals surface area contributed by atoms with Crippen LogP contribution in [0.4, 0.5) is 9.59 Å². The van der Waals surface area contributed by atoms with Crippen molar-refractivity contribution in [3.8, 4) is 0 Å². The SMILES string of the molecule is CNC(=O)N[C@H]1[C@@H]2NC(=O)c3ccc(Br)n3[C@@H]2C[C@H]1O.CNC(=O)N[C@H]1[C@@H]2NC(=O)c3cccn3[C@@H]2C[C@H]1O. The number of nitrogens with zero attached hydrogens (tertiary/aromatic N) is 2. The van der Waals surface area contributed by atoms with Gasteiger partial charge < -0.3 is 51.2 Å². The third-order valence-electron chi connectivity index (χ3n) is 7.84. The average molecular weight is 607 g/mol. The number of fused-ring (bicyclic) bond motifs is 6. The van der Waals surface area contributed by atoms with E-state index in [0.29, 0.717) is 24.2 Å². The number of aromatic nitrogens is 2. The summed E-state index contributed by atoms with van der Waals surface area (Å²) in [5, 5.41) is 36.3. The van der Waals surface area contributed by atoms with Gasteiger partial charge in [0.15, 0.2) is 0 Å². The van der Waals surface area contributed by atoms with Crippen LogP contribution in [0.5, 0.6) is 0 Å². The number of aliphatic hydroxyl groups is 2. The first-order chi connectivity index (χ1) is 18.6. The molecular weight excluding hydrogens is 576 g/mol. The molecule has 210 valence electrons. The van der Waals surface area contributed by atoms with E-state index in [4.69, 9.17) is 0 Å². The number of aliphatic hydroxyl groups excluding tert-OH is 2. The van der Waals surface area contributed by atoms with E-state index in [1.807, 2.05) is 27.5 Å². The molecule has 2 aromatic rings. The van der Waals surface area contributed by atoms with E-state index in [1.54, 1.807) is 12.1 Å². The molecule has 4 heterocycles. The van der Waals surface area contributed by atoms with Crippen LogP contribution in [0.3, 0.4) is 0 Å². The number of hydrogen-bond donors (Lipinski definition) is 8. The Morgan fingerprint density at radius 1 is 0.872 bits per heavy atom. The van der Waals surface area contributed by atoms with Gasteiger partial charge in [-0.3, -0.25) is 9.59 Å². The highest BCUT2D eigenvalue weighted by Gasteiger charge is 2.49. The van der Waals surface area contributed by atoms with Crippen molar-refractivity contribution >= 4 is 39.8 Å². The molecular formula is C24H31BrN8O6. The zero-order valence-electron chi connectivity index (χ0n) is 21.2. The third-order valence-corrected chi connectivity index (χ3v) is 8.49. The number of amides is 6. The number of halogens is 1. The van der Waals surface area contributed by atoms with Crippen LogP contribution in [0.1, 0.15) is 45.9 Å². The monoisotopic (exact) mass is 606 g/mol. The topological polar surface area (TPSA) is 191 Å². The van der Waals surface area contributed by atoms with E-state index in [9.17, 15) is 29.4 Å². The zero-order chi connectivity index (χ0) is 28.0. The molecule has 2 fully saturated rings. The summed E-state index contributed by atoms with van der Waals surface area (Å²) in [5.41, 5.74) is 1.15. The molecule has 6 rings (SSSR count). The number of nitrogens with one attached hydrogen (secondary N) is 6. The molecule has 2 aliphatic carbocycles. The molecule has 0 spiro atoms. The normalized spacial score (nSPS) is 31.7. The first-order valence-electron chi connectivity index (χ1n) is 12.6. The van der Waals surface area contributed by atoms with Gasteiger partial charge in [-0.1, -0.05) is 0 Å². The Morgan fingerprint density at radius 2 is 1.41 bits per heavy atom. The number of carbonyl (C=O) groups excluding carboxylic acids is 4. The largest absolute Gasteiger partial charge is 0.391 e. The van der Waals surface area contributed by atoms with Gasteiger partial charge >= 0.3 is 12.1 Å². The second kappa shape index (κ2) is 10.5. The molecule has 0 bridgehead atoms. The zero-order valence-corrected chi connectivity index (χ0v) is 22.8. The van der Waals surface area contributed by atoms with Gasteiger partial charge in [-0.15, -0.1) is 0 Å². The summed E-state index contributed by atoms with van der Waals surface area (Å²) in [5.74, 6) is -0.376. The minimum absolute atomic E-state index is 0.0279. The van der Waals surface area contributed by atoms with Crippen molar-refractivity contribution in [2.75, 3.05) is 14.1 Å². The Bertz CT molecular complexity index is 1300. The Labute approximate surface area is 232 Å². The molecule has 6 amide bonds. The minimum Gasteiger partial charge on any atom is -0.391 e. The van der Waals surface area contributed by atoms with Crippen LogP contribution in [0.25, 0.3) is 0 Å². The summed E-state index contributed by atoms with van der Waals surface area (Å²) in [7, 11) is 3.02. The van der Waals surface area contributed by atoms with Crippen LogP contribution in [-0.4, -0.2) is 93.7 Å². The molecule has 15 heteroatoms. The van der Waals surface area contributed by atoms with Crippen molar-refractivity contribution in [2.24, 2.45) is 0 Å². The molecule has 0 unspecified atom stereocenters. The highest BCUT2D eigenvalue weighted by atomic mass is 79.9. The Morgan fingerprint density at radius 3 is 2.00 bits per heavy atom. The predicted octanol–water partition coefficient (Wildman–Crippen LogP) is -0.831. The van der Waals surface area contributed by atoms with E-state index in [-0.39, 0.29) is 48.0 Å². The van der Waals surface area contributed by atoms with Gasteiger partial charge in [0.2, 0.25) is 0 Å². The van der Waals surface area contributed by atoms with Crippen molar-refractivity contribution in [3.63, 3.8) is 0 Å². The molecule has 2 saturated carbocycles. The van der Waals surface area contributed by atoms with Crippen LogP contribution in [0.2, 0.25) is 0 Å². The molecule has 0 aromatic carbocycles. The van der Waals surface area contributed by atoms with Crippen LogP contribution in [0.15, 0.2) is 35.1 Å². The first kappa shape index (κ1) is 27.0. The highest BCUT2D eigenvalue weighted by Crippen LogP contribution is 2.38. The van der Waals surface area contributed by atoms with Crippen LogP contribution >= 0.6 is 15.9 Å². The van der Waals surface area contributed by atoms with Gasteiger partial charge in [0.05, 0.1) is 53.1 Å². The molecule has 2 aromatic heterocycles. The van der Waals surface area contributed by atoms with Gasteiger partial charge in [-0.2, -0.15) is 0 Å². The van der Waals surface area contributed by atoms with Gasteiger partial charge in [0.25, 0.3) is 11.8 Å². The molecule has 0 radical (unpaired) electrons. The summed E-state index contributed by atoms with van der Waals surface area (Å²) in [4.78, 5) is 46.9. The summed E-state index contributed by atoms with van der Waals surface area (Å²) in [6.45, 7) is 0. The Balaban J connectivity index is 0.000000158. The second-order valence-electron chi connectivity index (χ2n) is 9.95.